The number of allylic oxidation sites excluding steroid dienone is 5. The van der Waals surface area contributed by atoms with Gasteiger partial charge in [0.1, 0.15) is 6.04 Å². The summed E-state index contributed by atoms with van der Waals surface area (Å²) in [7, 11) is 3.43. The van der Waals surface area contributed by atoms with Gasteiger partial charge >= 0.3 is 5.97 Å². The molecule has 2 heterocycles. The molecule has 1 saturated heterocycles. The van der Waals surface area contributed by atoms with Gasteiger partial charge in [-0.2, -0.15) is 0 Å². The van der Waals surface area contributed by atoms with Crippen molar-refractivity contribution in [2.75, 3.05) is 40.3 Å². The van der Waals surface area contributed by atoms with Crippen LogP contribution in [0.15, 0.2) is 47.7 Å². The summed E-state index contributed by atoms with van der Waals surface area (Å²) < 4.78 is 20.2. The summed E-state index contributed by atoms with van der Waals surface area (Å²) in [5, 5.41) is 24.0. The van der Waals surface area contributed by atoms with Gasteiger partial charge in [0.15, 0.2) is 11.6 Å². The van der Waals surface area contributed by atoms with E-state index < -0.39 is 23.4 Å². The molecular weight excluding hydrogens is 509 g/mol. The summed E-state index contributed by atoms with van der Waals surface area (Å²) in [4.78, 5) is 16.6. The van der Waals surface area contributed by atoms with Gasteiger partial charge in [0, 0.05) is 36.9 Å². The van der Waals surface area contributed by atoms with Crippen molar-refractivity contribution < 1.29 is 24.1 Å². The fraction of sp³-hybridized carbons (Fsp3) is 0.594. The van der Waals surface area contributed by atoms with Gasteiger partial charge in [-0.1, -0.05) is 30.7 Å². The predicted octanol–water partition coefficient (Wildman–Crippen LogP) is 5.52. The number of likely N-dealkylation sites (N-methyl/N-ethyl adjacent to an activating group) is 1. The Morgan fingerprint density at radius 1 is 1.35 bits per heavy atom. The third-order valence-electron chi connectivity index (χ3n) is 8.22. The van der Waals surface area contributed by atoms with E-state index in [1.165, 1.54) is 30.9 Å². The molecule has 0 spiro atoms. The molecule has 222 valence electrons. The number of likely N-dealkylation sites (tertiary alicyclic amines) is 1. The lowest BCUT2D eigenvalue weighted by Gasteiger charge is -2.29. The molecule has 1 aromatic rings. The van der Waals surface area contributed by atoms with Crippen LogP contribution in [-0.2, 0) is 10.4 Å². The van der Waals surface area contributed by atoms with Gasteiger partial charge in [-0.15, -0.1) is 0 Å². The van der Waals surface area contributed by atoms with Gasteiger partial charge in [-0.25, -0.2) is 4.39 Å². The number of carbonyl (C=O) groups is 1. The third kappa shape index (κ3) is 8.41. The highest BCUT2D eigenvalue weighted by Gasteiger charge is 2.38. The van der Waals surface area contributed by atoms with Crippen molar-refractivity contribution in [1.29, 1.82) is 0 Å². The van der Waals surface area contributed by atoms with Gasteiger partial charge in [0.25, 0.3) is 0 Å². The van der Waals surface area contributed by atoms with Gasteiger partial charge in [-0.05, 0) is 96.2 Å². The molecule has 0 saturated carbocycles. The number of nitrogens with zero attached hydrogens (tertiary/aromatic N) is 2. The molecule has 0 aliphatic carbocycles. The van der Waals surface area contributed by atoms with Gasteiger partial charge in [0.2, 0.25) is 0 Å². The summed E-state index contributed by atoms with van der Waals surface area (Å²) >= 11 is 0. The average molecular weight is 558 g/mol. The van der Waals surface area contributed by atoms with Crippen molar-refractivity contribution in [3.63, 3.8) is 0 Å². The zero-order valence-electron chi connectivity index (χ0n) is 24.9. The molecule has 3 N–H and O–H groups in total. The minimum atomic E-state index is -1.31. The van der Waals surface area contributed by atoms with Crippen LogP contribution in [0.4, 0.5) is 4.39 Å². The second kappa shape index (κ2) is 14.3. The number of nitrogens with one attached hydrogen (secondary N) is 1. The molecule has 2 aliphatic heterocycles. The molecule has 2 aliphatic rings. The van der Waals surface area contributed by atoms with Crippen LogP contribution in [0, 0.1) is 5.82 Å². The fourth-order valence-corrected chi connectivity index (χ4v) is 5.67. The van der Waals surface area contributed by atoms with E-state index in [0.717, 1.165) is 57.2 Å². The standard InChI is InChI=1S/C32H48FN3O4/c1-22(13-14-24-12-10-16-34-23(24)2)11-8-7-9-17-35(5)26-15-18-36(21-26)29(31(37)38)27-19-25(32(3,4)39)20-28(33)30(27)40-6/h13-14,19-20,26,29,34,39H,1,7-12,15-18,21H2,2-6H3,(H,37,38)/b14-13-/t26-,29?/m1/s1. The monoisotopic (exact) mass is 557 g/mol. The number of rotatable bonds is 14. The van der Waals surface area contributed by atoms with E-state index in [-0.39, 0.29) is 17.4 Å². The minimum absolute atomic E-state index is 0.0871. The number of hydrogen-bond acceptors (Lipinski definition) is 6. The lowest BCUT2D eigenvalue weighted by molar-refractivity contribution is -0.143. The molecule has 8 heteroatoms. The smallest absolute Gasteiger partial charge is 0.325 e. The molecular formula is C32H48FN3O4. The van der Waals surface area contributed by atoms with E-state index in [1.807, 2.05) is 4.90 Å². The molecule has 0 bridgehead atoms. The molecule has 1 unspecified atom stereocenters. The van der Waals surface area contributed by atoms with Gasteiger partial charge in [0.05, 0.1) is 12.7 Å². The lowest BCUT2D eigenvalue weighted by Crippen LogP contribution is -2.38. The topological polar surface area (TPSA) is 85.3 Å². The van der Waals surface area contributed by atoms with E-state index in [2.05, 4.69) is 42.9 Å². The molecule has 0 amide bonds. The quantitative estimate of drug-likeness (QED) is 0.205. The predicted molar refractivity (Wildman–Crippen MR) is 158 cm³/mol. The van der Waals surface area contributed by atoms with Crippen molar-refractivity contribution in [3.8, 4) is 5.75 Å². The first kappa shape index (κ1) is 31.8. The van der Waals surface area contributed by atoms with Crippen LogP contribution in [0.1, 0.15) is 82.9 Å². The summed E-state index contributed by atoms with van der Waals surface area (Å²) in [5.74, 6) is -1.82. The molecule has 3 rings (SSSR count). The Morgan fingerprint density at radius 2 is 2.10 bits per heavy atom. The highest BCUT2D eigenvalue weighted by atomic mass is 19.1. The maximum atomic E-state index is 14.9. The number of hydrogen-bond donors (Lipinski definition) is 3. The van der Waals surface area contributed by atoms with Crippen molar-refractivity contribution in [3.05, 3.63) is 64.7 Å². The van der Waals surface area contributed by atoms with Crippen LogP contribution in [-0.4, -0.2) is 72.4 Å². The number of aliphatic hydroxyl groups is 1. The van der Waals surface area contributed by atoms with Gasteiger partial charge < -0.3 is 25.2 Å². The zero-order chi connectivity index (χ0) is 29.4. The first-order valence-corrected chi connectivity index (χ1v) is 14.5. The Kier molecular flexibility index (Phi) is 11.4. The molecule has 0 radical (unpaired) electrons. The highest BCUT2D eigenvalue weighted by molar-refractivity contribution is 5.77. The molecule has 1 fully saturated rings. The van der Waals surface area contributed by atoms with Crippen LogP contribution in [0.2, 0.25) is 0 Å². The number of benzene rings is 1. The summed E-state index contributed by atoms with van der Waals surface area (Å²) in [6.07, 6.45) is 11.7. The number of aliphatic carboxylic acids is 1. The van der Waals surface area contributed by atoms with E-state index >= 15 is 0 Å². The van der Waals surface area contributed by atoms with E-state index in [4.69, 9.17) is 4.74 Å². The van der Waals surface area contributed by atoms with Gasteiger partial charge in [-0.3, -0.25) is 9.69 Å². The van der Waals surface area contributed by atoms with Crippen LogP contribution in [0.5, 0.6) is 5.75 Å². The number of ether oxygens (including phenoxy) is 1. The van der Waals surface area contributed by atoms with Crippen molar-refractivity contribution in [2.45, 2.75) is 83.4 Å². The summed E-state index contributed by atoms with van der Waals surface area (Å²) in [6, 6.07) is 1.92. The fourth-order valence-electron chi connectivity index (χ4n) is 5.67. The second-order valence-electron chi connectivity index (χ2n) is 11.8. The summed E-state index contributed by atoms with van der Waals surface area (Å²) in [5.41, 5.74) is 3.04. The highest BCUT2D eigenvalue weighted by Crippen LogP contribution is 2.37. The first-order chi connectivity index (χ1) is 18.9. The third-order valence-corrected chi connectivity index (χ3v) is 8.22. The number of methoxy groups -OCH3 is 1. The molecule has 1 aromatic carbocycles. The van der Waals surface area contributed by atoms with Crippen molar-refractivity contribution >= 4 is 5.97 Å². The zero-order valence-corrected chi connectivity index (χ0v) is 24.9. The number of unbranched alkanes of at least 4 members (excludes halogenated alkanes) is 2. The Hall–Kier alpha value is -2.68. The molecule has 2 atom stereocenters. The number of carboxylic acid groups (broad SMARTS) is 1. The lowest BCUT2D eigenvalue weighted by atomic mass is 9.93. The average Bonchev–Trinajstić information content (AvgIpc) is 3.37. The summed E-state index contributed by atoms with van der Waals surface area (Å²) in [6.45, 7) is 12.6. The Morgan fingerprint density at radius 3 is 2.75 bits per heavy atom. The molecule has 40 heavy (non-hydrogen) atoms. The maximum absolute atomic E-state index is 14.9. The first-order valence-electron chi connectivity index (χ1n) is 14.5. The second-order valence-corrected chi connectivity index (χ2v) is 11.8. The SMILES string of the molecule is C=C(/C=C\C1=C(C)NCCC1)CCCCCN(C)[C@@H]1CCN(C(C(=O)O)c2cc(C(C)(C)O)cc(F)c2OC)C1. The van der Waals surface area contributed by atoms with E-state index in [0.29, 0.717) is 18.7 Å². The Balaban J connectivity index is 1.52. The Labute approximate surface area is 239 Å². The van der Waals surface area contributed by atoms with E-state index in [9.17, 15) is 19.4 Å². The minimum Gasteiger partial charge on any atom is -0.493 e. The number of carboxylic acids is 1. The van der Waals surface area contributed by atoms with Crippen molar-refractivity contribution in [2.24, 2.45) is 0 Å². The van der Waals surface area contributed by atoms with Crippen molar-refractivity contribution in [1.82, 2.24) is 15.1 Å². The normalized spacial score (nSPS) is 19.4. The van der Waals surface area contributed by atoms with Crippen LogP contribution in [0.3, 0.4) is 0 Å². The number of halogens is 1. The largest absolute Gasteiger partial charge is 0.493 e. The molecule has 7 nitrogen and oxygen atoms in total. The van der Waals surface area contributed by atoms with E-state index in [1.54, 1.807) is 19.9 Å². The van der Waals surface area contributed by atoms with Crippen LogP contribution in [0.25, 0.3) is 0 Å². The molecule has 0 aromatic heterocycles. The Bertz CT molecular complexity index is 1110. The maximum Gasteiger partial charge on any atom is 0.325 e. The van der Waals surface area contributed by atoms with Crippen LogP contribution < -0.4 is 10.1 Å². The van der Waals surface area contributed by atoms with Crippen LogP contribution >= 0.6 is 0 Å².